The van der Waals surface area contributed by atoms with Gasteiger partial charge in [0, 0.05) is 10.4 Å². The molecule has 0 aliphatic carbocycles. The molecule has 2 aromatic heterocycles. The summed E-state index contributed by atoms with van der Waals surface area (Å²) in [5, 5.41) is 10.7. The summed E-state index contributed by atoms with van der Waals surface area (Å²) >= 11 is 7.20. The highest BCUT2D eigenvalue weighted by Crippen LogP contribution is 2.25. The number of halogens is 1. The lowest BCUT2D eigenvalue weighted by molar-refractivity contribution is -0.128. The van der Waals surface area contributed by atoms with Gasteiger partial charge >= 0.3 is 0 Å². The van der Waals surface area contributed by atoms with Gasteiger partial charge in [-0.2, -0.15) is 0 Å². The minimum atomic E-state index is -0.481. The summed E-state index contributed by atoms with van der Waals surface area (Å²) in [4.78, 5) is 24.1. The second-order valence-electron chi connectivity index (χ2n) is 7.11. The van der Waals surface area contributed by atoms with Crippen molar-refractivity contribution >= 4 is 51.7 Å². The topological polar surface area (TPSA) is 97.6 Å². The van der Waals surface area contributed by atoms with E-state index in [1.54, 1.807) is 18.2 Å². The quantitative estimate of drug-likeness (QED) is 0.331. The number of carbonyl (C=O) groups excluding carboxylic acids is 2. The van der Waals surface area contributed by atoms with Crippen LogP contribution in [-0.4, -0.2) is 38.8 Å². The Bertz CT molecular complexity index is 1320. The van der Waals surface area contributed by atoms with Gasteiger partial charge in [-0.25, -0.2) is 0 Å². The molecule has 0 fully saturated rings. The van der Waals surface area contributed by atoms with Gasteiger partial charge in [0.1, 0.15) is 5.75 Å². The lowest BCUT2D eigenvalue weighted by Crippen LogP contribution is -2.44. The van der Waals surface area contributed by atoms with Crippen molar-refractivity contribution in [2.45, 2.75) is 19.0 Å². The SMILES string of the molecule is Cc1cc(OCC(=O)NNC(=O)CSc2nnc3cc(C)c4ccccc4n23)ccc1Cl. The van der Waals surface area contributed by atoms with Gasteiger partial charge in [0.2, 0.25) is 5.91 Å². The molecule has 8 nitrogen and oxygen atoms in total. The van der Waals surface area contributed by atoms with Crippen LogP contribution < -0.4 is 15.6 Å². The fourth-order valence-corrected chi connectivity index (χ4v) is 4.04. The summed E-state index contributed by atoms with van der Waals surface area (Å²) in [6.45, 7) is 3.63. The molecular weight excluding hydrogens is 450 g/mol. The first-order valence-corrected chi connectivity index (χ1v) is 11.1. The number of rotatable bonds is 6. The maximum absolute atomic E-state index is 12.2. The third-order valence-corrected chi connectivity index (χ3v) is 6.10. The van der Waals surface area contributed by atoms with E-state index in [1.807, 2.05) is 48.6 Å². The summed E-state index contributed by atoms with van der Waals surface area (Å²) in [5.41, 5.74) is 8.35. The summed E-state index contributed by atoms with van der Waals surface area (Å²) < 4.78 is 7.32. The Labute approximate surface area is 193 Å². The highest BCUT2D eigenvalue weighted by molar-refractivity contribution is 7.99. The van der Waals surface area contributed by atoms with Crippen LogP contribution in [-0.2, 0) is 9.59 Å². The molecule has 32 heavy (non-hydrogen) atoms. The normalized spacial score (nSPS) is 11.0. The summed E-state index contributed by atoms with van der Waals surface area (Å²) in [5.74, 6) is -0.283. The van der Waals surface area contributed by atoms with E-state index in [0.29, 0.717) is 21.6 Å². The third-order valence-electron chi connectivity index (χ3n) is 4.75. The molecule has 2 N–H and O–H groups in total. The first-order valence-electron chi connectivity index (χ1n) is 9.75. The van der Waals surface area contributed by atoms with Gasteiger partial charge in [0.15, 0.2) is 17.4 Å². The monoisotopic (exact) mass is 469 g/mol. The number of amides is 2. The molecule has 0 unspecified atom stereocenters. The van der Waals surface area contributed by atoms with E-state index < -0.39 is 5.91 Å². The standard InChI is InChI=1S/C22H20ClN5O3S/c1-13-10-19-24-27-22(28(19)18-6-4-3-5-16(13)18)32-12-21(30)26-25-20(29)11-31-15-7-8-17(23)14(2)9-15/h3-10H,11-12H2,1-2H3,(H,25,29)(H,26,30). The van der Waals surface area contributed by atoms with E-state index in [4.69, 9.17) is 16.3 Å². The maximum atomic E-state index is 12.2. The van der Waals surface area contributed by atoms with E-state index in [0.717, 1.165) is 22.0 Å². The Balaban J connectivity index is 1.31. The minimum absolute atomic E-state index is 0.0561. The number of nitrogens with zero attached hydrogens (tertiary/aromatic N) is 3. The molecule has 0 aliphatic rings. The highest BCUT2D eigenvalue weighted by Gasteiger charge is 2.13. The van der Waals surface area contributed by atoms with Gasteiger partial charge < -0.3 is 4.74 Å². The molecular formula is C22H20ClN5O3S. The molecule has 2 amide bonds. The van der Waals surface area contributed by atoms with Crippen molar-refractivity contribution in [2.75, 3.05) is 12.4 Å². The van der Waals surface area contributed by atoms with Crippen molar-refractivity contribution < 1.29 is 14.3 Å². The predicted molar refractivity (Wildman–Crippen MR) is 124 cm³/mol. The van der Waals surface area contributed by atoms with Crippen LogP contribution in [0.15, 0.2) is 53.7 Å². The van der Waals surface area contributed by atoms with Gasteiger partial charge in [-0.3, -0.25) is 24.8 Å². The molecule has 164 valence electrons. The average molecular weight is 470 g/mol. The highest BCUT2D eigenvalue weighted by atomic mass is 35.5. The van der Waals surface area contributed by atoms with Crippen molar-refractivity contribution in [1.82, 2.24) is 25.4 Å². The predicted octanol–water partition coefficient (Wildman–Crippen LogP) is 3.47. The Morgan fingerprint density at radius 1 is 1.03 bits per heavy atom. The summed E-state index contributed by atoms with van der Waals surface area (Å²) in [6, 6.07) is 15.0. The van der Waals surface area contributed by atoms with Crippen LogP contribution >= 0.6 is 23.4 Å². The fraction of sp³-hybridized carbons (Fsp3) is 0.182. The van der Waals surface area contributed by atoms with E-state index in [9.17, 15) is 9.59 Å². The lowest BCUT2D eigenvalue weighted by Gasteiger charge is -2.10. The van der Waals surface area contributed by atoms with Crippen LogP contribution in [0.4, 0.5) is 0 Å². The van der Waals surface area contributed by atoms with Crippen LogP contribution in [0.2, 0.25) is 5.02 Å². The van der Waals surface area contributed by atoms with E-state index in [2.05, 4.69) is 21.0 Å². The number of hydrogen-bond donors (Lipinski definition) is 2. The zero-order valence-corrected chi connectivity index (χ0v) is 19.0. The van der Waals surface area contributed by atoms with Gasteiger partial charge in [-0.15, -0.1) is 10.2 Å². The van der Waals surface area contributed by atoms with Gasteiger partial charge in [0.05, 0.1) is 11.3 Å². The molecule has 0 saturated carbocycles. The van der Waals surface area contributed by atoms with Crippen LogP contribution in [0, 0.1) is 13.8 Å². The second kappa shape index (κ2) is 9.46. The number of carbonyl (C=O) groups is 2. The van der Waals surface area contributed by atoms with E-state index >= 15 is 0 Å². The number of pyridine rings is 1. The first-order chi connectivity index (χ1) is 15.4. The molecule has 2 aromatic carbocycles. The number of ether oxygens (including phenoxy) is 1. The number of hydrazine groups is 1. The smallest absolute Gasteiger partial charge is 0.276 e. The molecule has 0 saturated heterocycles. The number of aryl methyl sites for hydroxylation is 2. The minimum Gasteiger partial charge on any atom is -0.484 e. The Morgan fingerprint density at radius 3 is 2.62 bits per heavy atom. The van der Waals surface area contributed by atoms with Crippen molar-refractivity contribution in [3.8, 4) is 5.75 Å². The van der Waals surface area contributed by atoms with Crippen LogP contribution in [0.25, 0.3) is 16.6 Å². The number of benzene rings is 2. The zero-order chi connectivity index (χ0) is 22.7. The summed E-state index contributed by atoms with van der Waals surface area (Å²) in [7, 11) is 0. The molecule has 4 rings (SSSR count). The third kappa shape index (κ3) is 4.79. The maximum Gasteiger partial charge on any atom is 0.276 e. The Morgan fingerprint density at radius 2 is 1.81 bits per heavy atom. The van der Waals surface area contributed by atoms with E-state index in [1.165, 1.54) is 11.8 Å². The van der Waals surface area contributed by atoms with Crippen molar-refractivity contribution in [1.29, 1.82) is 0 Å². The molecule has 0 spiro atoms. The largest absolute Gasteiger partial charge is 0.484 e. The van der Waals surface area contributed by atoms with Gasteiger partial charge in [-0.1, -0.05) is 41.6 Å². The van der Waals surface area contributed by atoms with Crippen LogP contribution in [0.3, 0.4) is 0 Å². The number of nitrogens with one attached hydrogen (secondary N) is 2. The second-order valence-corrected chi connectivity index (χ2v) is 8.46. The first kappa shape index (κ1) is 21.9. The van der Waals surface area contributed by atoms with Crippen molar-refractivity contribution in [3.63, 3.8) is 0 Å². The van der Waals surface area contributed by atoms with Gasteiger partial charge in [0.25, 0.3) is 5.91 Å². The molecule has 0 radical (unpaired) electrons. The number of hydrogen-bond acceptors (Lipinski definition) is 6. The fourth-order valence-electron chi connectivity index (χ4n) is 3.17. The van der Waals surface area contributed by atoms with E-state index in [-0.39, 0.29) is 18.3 Å². The molecule has 0 bridgehead atoms. The lowest BCUT2D eigenvalue weighted by atomic mass is 10.1. The number of fused-ring (bicyclic) bond motifs is 3. The van der Waals surface area contributed by atoms with Crippen molar-refractivity contribution in [3.05, 3.63) is 64.7 Å². The zero-order valence-electron chi connectivity index (χ0n) is 17.4. The van der Waals surface area contributed by atoms with Crippen LogP contribution in [0.1, 0.15) is 11.1 Å². The molecule has 0 aliphatic heterocycles. The molecule has 10 heteroatoms. The van der Waals surface area contributed by atoms with Gasteiger partial charge in [-0.05, 0) is 55.3 Å². The average Bonchev–Trinajstić information content (AvgIpc) is 3.20. The molecule has 4 aromatic rings. The molecule has 0 atom stereocenters. The number of thioether (sulfide) groups is 1. The summed E-state index contributed by atoms with van der Waals surface area (Å²) in [6.07, 6.45) is 0. The Hall–Kier alpha value is -3.30. The Kier molecular flexibility index (Phi) is 6.48. The number of aromatic nitrogens is 3. The van der Waals surface area contributed by atoms with Crippen LogP contribution in [0.5, 0.6) is 5.75 Å². The number of para-hydroxylation sites is 1. The van der Waals surface area contributed by atoms with Crippen molar-refractivity contribution in [2.24, 2.45) is 0 Å². The molecule has 2 heterocycles.